The average Bonchev–Trinajstić information content (AvgIpc) is 3.01. The highest BCUT2D eigenvalue weighted by Gasteiger charge is 2.32. The van der Waals surface area contributed by atoms with Crippen molar-refractivity contribution in [3.05, 3.63) is 0 Å². The first-order valence-electron chi connectivity index (χ1n) is 7.09. The minimum Gasteiger partial charge on any atom is -0.382 e. The number of nitrogens with one attached hydrogen (secondary N) is 2. The van der Waals surface area contributed by atoms with Crippen LogP contribution in [0, 0.1) is 5.92 Å². The third-order valence-corrected chi connectivity index (χ3v) is 4.10. The van der Waals surface area contributed by atoms with Crippen LogP contribution in [0.3, 0.4) is 0 Å². The Bertz CT molecular complexity index is 348. The summed E-state index contributed by atoms with van der Waals surface area (Å²) in [5.41, 5.74) is 5.84. The zero-order valence-corrected chi connectivity index (χ0v) is 12.3. The van der Waals surface area contributed by atoms with E-state index >= 15 is 0 Å². The van der Waals surface area contributed by atoms with Gasteiger partial charge in [0.05, 0.1) is 0 Å². The molecule has 2 unspecified atom stereocenters. The molecule has 116 valence electrons. The number of amides is 2. The molecule has 1 aliphatic carbocycles. The molecule has 3 atom stereocenters. The van der Waals surface area contributed by atoms with Crippen LogP contribution in [0.15, 0.2) is 0 Å². The number of carbonyl (C=O) groups is 2. The monoisotopic (exact) mass is 305 g/mol. The van der Waals surface area contributed by atoms with Gasteiger partial charge in [-0.05, 0) is 25.7 Å². The highest BCUT2D eigenvalue weighted by Crippen LogP contribution is 2.19. The van der Waals surface area contributed by atoms with E-state index in [1.807, 2.05) is 0 Å². The van der Waals surface area contributed by atoms with Crippen LogP contribution < -0.4 is 16.4 Å². The molecule has 7 heteroatoms. The molecule has 0 aromatic heterocycles. The quantitative estimate of drug-likeness (QED) is 0.559. The maximum atomic E-state index is 11.9. The van der Waals surface area contributed by atoms with Crippen molar-refractivity contribution in [3.8, 4) is 0 Å². The lowest BCUT2D eigenvalue weighted by atomic mass is 9.95. The Kier molecular flexibility index (Phi) is 6.71. The first-order chi connectivity index (χ1) is 9.08. The van der Waals surface area contributed by atoms with Crippen molar-refractivity contribution < 1.29 is 14.7 Å². The fraction of sp³-hybridized carbons (Fsp3) is 0.846. The summed E-state index contributed by atoms with van der Waals surface area (Å²) < 4.78 is 0. The van der Waals surface area contributed by atoms with Gasteiger partial charge in [-0.15, -0.1) is 12.4 Å². The van der Waals surface area contributed by atoms with Crippen LogP contribution in [0.2, 0.25) is 0 Å². The summed E-state index contributed by atoms with van der Waals surface area (Å²) in [6.07, 6.45) is 4.03. The Balaban J connectivity index is 0.00000200. The third kappa shape index (κ3) is 4.33. The molecule has 0 bridgehead atoms. The molecular formula is C13H24ClN3O3. The van der Waals surface area contributed by atoms with Gasteiger partial charge in [0.15, 0.2) is 0 Å². The fourth-order valence-corrected chi connectivity index (χ4v) is 2.88. The summed E-state index contributed by atoms with van der Waals surface area (Å²) in [5.74, 6) is -0.611. The fourth-order valence-electron chi connectivity index (χ4n) is 2.88. The number of rotatable bonds is 5. The van der Waals surface area contributed by atoms with E-state index in [1.165, 1.54) is 0 Å². The molecule has 6 nitrogen and oxygen atoms in total. The molecule has 2 rings (SSSR count). The standard InChI is InChI=1S/C13H23N3O3.ClH/c14-10(7-8-5-6-15-12(8)18)11(17)13(19)16-9-3-1-2-4-9;/h8-11,17H,1-7,14H2,(H,15,18)(H,16,19);1H/t8-,10?,11?;/m0./s1. The molecule has 1 saturated heterocycles. The van der Waals surface area contributed by atoms with Gasteiger partial charge in [0.2, 0.25) is 5.91 Å². The molecule has 2 amide bonds. The summed E-state index contributed by atoms with van der Waals surface area (Å²) in [6, 6.07) is -0.514. The van der Waals surface area contributed by atoms with E-state index < -0.39 is 18.1 Å². The predicted molar refractivity (Wildman–Crippen MR) is 77.4 cm³/mol. The number of aliphatic hydroxyl groups excluding tert-OH is 1. The Morgan fingerprint density at radius 2 is 2.05 bits per heavy atom. The summed E-state index contributed by atoms with van der Waals surface area (Å²) in [5, 5.41) is 15.5. The Hall–Kier alpha value is -0.850. The summed E-state index contributed by atoms with van der Waals surface area (Å²) in [6.45, 7) is 0.653. The molecule has 0 radical (unpaired) electrons. The summed E-state index contributed by atoms with van der Waals surface area (Å²) in [4.78, 5) is 23.3. The van der Waals surface area contributed by atoms with E-state index in [-0.39, 0.29) is 30.3 Å². The molecule has 2 fully saturated rings. The van der Waals surface area contributed by atoms with Crippen LogP contribution in [-0.4, -0.2) is 41.7 Å². The van der Waals surface area contributed by atoms with Gasteiger partial charge in [0.1, 0.15) is 6.10 Å². The normalized spacial score (nSPS) is 25.7. The maximum absolute atomic E-state index is 11.9. The minimum absolute atomic E-state index is 0. The van der Waals surface area contributed by atoms with E-state index in [1.54, 1.807) is 0 Å². The molecule has 0 aromatic rings. The Morgan fingerprint density at radius 1 is 1.40 bits per heavy atom. The molecule has 1 aliphatic heterocycles. The SMILES string of the molecule is Cl.NC(C[C@@H]1CCNC1=O)C(O)C(=O)NC1CCCC1. The van der Waals surface area contributed by atoms with Crippen LogP contribution in [0.4, 0.5) is 0 Å². The number of hydrogen-bond donors (Lipinski definition) is 4. The molecule has 2 aliphatic rings. The molecule has 1 saturated carbocycles. The average molecular weight is 306 g/mol. The highest BCUT2D eigenvalue weighted by atomic mass is 35.5. The number of halogens is 1. The number of aliphatic hydroxyl groups is 1. The summed E-state index contributed by atoms with van der Waals surface area (Å²) in [7, 11) is 0. The van der Waals surface area contributed by atoms with Crippen LogP contribution in [0.1, 0.15) is 38.5 Å². The zero-order valence-electron chi connectivity index (χ0n) is 11.5. The van der Waals surface area contributed by atoms with Crippen LogP contribution in [-0.2, 0) is 9.59 Å². The molecule has 5 N–H and O–H groups in total. The molecule has 0 aromatic carbocycles. The van der Waals surface area contributed by atoms with Crippen molar-refractivity contribution in [1.82, 2.24) is 10.6 Å². The van der Waals surface area contributed by atoms with E-state index in [0.717, 1.165) is 32.1 Å². The highest BCUT2D eigenvalue weighted by molar-refractivity contribution is 5.85. The van der Waals surface area contributed by atoms with Crippen LogP contribution in [0.5, 0.6) is 0 Å². The number of nitrogens with two attached hydrogens (primary N) is 1. The minimum atomic E-state index is -1.23. The van der Waals surface area contributed by atoms with Crippen molar-refractivity contribution in [2.75, 3.05) is 6.54 Å². The zero-order chi connectivity index (χ0) is 13.8. The van der Waals surface area contributed by atoms with Crippen LogP contribution in [0.25, 0.3) is 0 Å². The predicted octanol–water partition coefficient (Wildman–Crippen LogP) is -0.319. The van der Waals surface area contributed by atoms with E-state index in [0.29, 0.717) is 13.0 Å². The van der Waals surface area contributed by atoms with Gasteiger partial charge in [-0.1, -0.05) is 12.8 Å². The van der Waals surface area contributed by atoms with Crippen molar-refractivity contribution in [2.45, 2.75) is 56.7 Å². The van der Waals surface area contributed by atoms with Crippen molar-refractivity contribution in [1.29, 1.82) is 0 Å². The van der Waals surface area contributed by atoms with Crippen molar-refractivity contribution >= 4 is 24.2 Å². The van der Waals surface area contributed by atoms with Gasteiger partial charge in [-0.25, -0.2) is 0 Å². The first kappa shape index (κ1) is 17.2. The van der Waals surface area contributed by atoms with Gasteiger partial charge >= 0.3 is 0 Å². The molecule has 20 heavy (non-hydrogen) atoms. The van der Waals surface area contributed by atoms with Crippen LogP contribution >= 0.6 is 12.4 Å². The van der Waals surface area contributed by atoms with E-state index in [2.05, 4.69) is 10.6 Å². The van der Waals surface area contributed by atoms with E-state index in [4.69, 9.17) is 5.73 Å². The van der Waals surface area contributed by atoms with Gasteiger partial charge in [-0.2, -0.15) is 0 Å². The topological polar surface area (TPSA) is 104 Å². The molecular weight excluding hydrogens is 282 g/mol. The van der Waals surface area contributed by atoms with Crippen molar-refractivity contribution in [3.63, 3.8) is 0 Å². The molecule has 0 spiro atoms. The van der Waals surface area contributed by atoms with E-state index in [9.17, 15) is 14.7 Å². The van der Waals surface area contributed by atoms with Gasteiger partial charge < -0.3 is 21.5 Å². The van der Waals surface area contributed by atoms with Crippen molar-refractivity contribution in [2.24, 2.45) is 11.7 Å². The number of carbonyl (C=O) groups excluding carboxylic acids is 2. The second-order valence-electron chi connectivity index (χ2n) is 5.61. The second-order valence-corrected chi connectivity index (χ2v) is 5.61. The Labute approximate surface area is 125 Å². The lowest BCUT2D eigenvalue weighted by Crippen LogP contribution is -2.49. The number of hydrogen-bond acceptors (Lipinski definition) is 4. The lowest BCUT2D eigenvalue weighted by molar-refractivity contribution is -0.132. The van der Waals surface area contributed by atoms with Gasteiger partial charge in [0.25, 0.3) is 5.91 Å². The Morgan fingerprint density at radius 3 is 2.60 bits per heavy atom. The van der Waals surface area contributed by atoms with Gasteiger partial charge in [0, 0.05) is 24.5 Å². The maximum Gasteiger partial charge on any atom is 0.250 e. The molecule has 1 heterocycles. The third-order valence-electron chi connectivity index (χ3n) is 4.10. The first-order valence-corrected chi connectivity index (χ1v) is 7.09. The summed E-state index contributed by atoms with van der Waals surface area (Å²) >= 11 is 0. The lowest BCUT2D eigenvalue weighted by Gasteiger charge is -2.22. The largest absolute Gasteiger partial charge is 0.382 e. The second kappa shape index (κ2) is 7.81. The van der Waals surface area contributed by atoms with Gasteiger partial charge in [-0.3, -0.25) is 9.59 Å². The smallest absolute Gasteiger partial charge is 0.250 e.